The molecule has 35 heavy (non-hydrogen) atoms. The van der Waals surface area contributed by atoms with E-state index in [0.29, 0.717) is 36.3 Å². The van der Waals surface area contributed by atoms with Crippen LogP contribution >= 0.6 is 0 Å². The maximum Gasteiger partial charge on any atom is 0.331 e. The molecular formula is C25H24N6O4. The minimum absolute atomic E-state index is 0.0233. The maximum atomic E-state index is 12.8. The van der Waals surface area contributed by atoms with E-state index in [0.717, 1.165) is 40.8 Å². The molecule has 4 aromatic rings. The first-order valence-corrected chi connectivity index (χ1v) is 11.6. The fourth-order valence-electron chi connectivity index (χ4n) is 4.56. The molecule has 1 saturated carbocycles. The minimum Gasteiger partial charge on any atom is -0.439 e. The van der Waals surface area contributed by atoms with Crippen molar-refractivity contribution >= 4 is 28.7 Å². The largest absolute Gasteiger partial charge is 0.439 e. The van der Waals surface area contributed by atoms with Crippen LogP contribution < -0.4 is 10.1 Å². The number of nitrogens with zero attached hydrogens (tertiary/aromatic N) is 5. The molecule has 1 aliphatic heterocycles. The van der Waals surface area contributed by atoms with Gasteiger partial charge in [-0.05, 0) is 50.5 Å². The van der Waals surface area contributed by atoms with Crippen LogP contribution in [0.3, 0.4) is 0 Å². The first kappa shape index (κ1) is 21.3. The maximum absolute atomic E-state index is 12.8. The lowest BCUT2D eigenvalue weighted by Gasteiger charge is -2.33. The zero-order chi connectivity index (χ0) is 24.1. The second-order valence-electron chi connectivity index (χ2n) is 9.13. The van der Waals surface area contributed by atoms with Gasteiger partial charge >= 0.3 is 6.03 Å². The molecule has 0 radical (unpaired) electrons. The standard InChI is InChI=1S/C25H24N6O4/c1-14-9-19-20(12-31(14)15(2)32)26-13-27-24(19)34-18-5-6-21-17(10-18)7-8-30(21)25(33)28-23-11-22(35-29-23)16-3-4-16/h5-8,10-11,13-14,16H,3-4,9,12H2,1-2H3,(H,28,29,33). The minimum atomic E-state index is -0.321. The van der Waals surface area contributed by atoms with Crippen LogP contribution in [0.1, 0.15) is 49.6 Å². The lowest BCUT2D eigenvalue weighted by Crippen LogP contribution is -2.41. The first-order chi connectivity index (χ1) is 17.0. The molecule has 1 fully saturated rings. The molecule has 10 heteroatoms. The molecule has 2 aliphatic rings. The van der Waals surface area contributed by atoms with Gasteiger partial charge in [0.05, 0.1) is 17.8 Å². The number of hydrogen-bond acceptors (Lipinski definition) is 7. The summed E-state index contributed by atoms with van der Waals surface area (Å²) in [4.78, 5) is 35.2. The molecule has 10 nitrogen and oxygen atoms in total. The third-order valence-electron chi connectivity index (χ3n) is 6.59. The van der Waals surface area contributed by atoms with Crippen LogP contribution in [0.4, 0.5) is 10.6 Å². The van der Waals surface area contributed by atoms with Crippen LogP contribution in [0.5, 0.6) is 11.6 Å². The molecule has 1 aliphatic carbocycles. The van der Waals surface area contributed by atoms with Gasteiger partial charge in [-0.2, -0.15) is 0 Å². The van der Waals surface area contributed by atoms with Crippen LogP contribution in [-0.4, -0.2) is 42.6 Å². The number of rotatable bonds is 4. The topological polar surface area (TPSA) is 115 Å². The van der Waals surface area contributed by atoms with Crippen LogP contribution in [-0.2, 0) is 17.8 Å². The van der Waals surface area contributed by atoms with E-state index < -0.39 is 0 Å². The number of anilines is 1. The van der Waals surface area contributed by atoms with E-state index in [1.807, 2.05) is 25.1 Å². The average molecular weight is 473 g/mol. The summed E-state index contributed by atoms with van der Waals surface area (Å²) in [6.07, 6.45) is 5.98. The Balaban J connectivity index is 1.21. The molecule has 1 unspecified atom stereocenters. The second-order valence-corrected chi connectivity index (χ2v) is 9.13. The first-order valence-electron chi connectivity index (χ1n) is 11.6. The van der Waals surface area contributed by atoms with Crippen molar-refractivity contribution in [3.8, 4) is 11.6 Å². The van der Waals surface area contributed by atoms with Crippen molar-refractivity contribution in [1.29, 1.82) is 0 Å². The summed E-state index contributed by atoms with van der Waals surface area (Å²) >= 11 is 0. The number of nitrogens with one attached hydrogen (secondary N) is 1. The van der Waals surface area contributed by atoms with E-state index in [-0.39, 0.29) is 18.0 Å². The number of ether oxygens (including phenoxy) is 1. The van der Waals surface area contributed by atoms with Gasteiger partial charge in [0.15, 0.2) is 5.82 Å². The van der Waals surface area contributed by atoms with Gasteiger partial charge in [0, 0.05) is 42.1 Å². The van der Waals surface area contributed by atoms with Crippen molar-refractivity contribution in [2.75, 3.05) is 5.32 Å². The second kappa shape index (κ2) is 8.23. The molecule has 1 atom stereocenters. The van der Waals surface area contributed by atoms with E-state index in [9.17, 15) is 9.59 Å². The predicted octanol–water partition coefficient (Wildman–Crippen LogP) is 4.46. The summed E-state index contributed by atoms with van der Waals surface area (Å²) in [6, 6.07) is 8.84. The van der Waals surface area contributed by atoms with Gasteiger partial charge in [-0.1, -0.05) is 5.16 Å². The highest BCUT2D eigenvalue weighted by atomic mass is 16.5. The average Bonchev–Trinajstić information content (AvgIpc) is 3.44. The summed E-state index contributed by atoms with van der Waals surface area (Å²) in [5.41, 5.74) is 2.44. The Kier molecular flexibility index (Phi) is 5.01. The summed E-state index contributed by atoms with van der Waals surface area (Å²) in [6.45, 7) is 4.01. The smallest absolute Gasteiger partial charge is 0.331 e. The molecule has 3 aromatic heterocycles. The Morgan fingerprint density at radius 3 is 2.83 bits per heavy atom. The summed E-state index contributed by atoms with van der Waals surface area (Å²) in [7, 11) is 0. The molecule has 1 aromatic carbocycles. The predicted molar refractivity (Wildman–Crippen MR) is 126 cm³/mol. The van der Waals surface area contributed by atoms with Crippen LogP contribution in [0.25, 0.3) is 10.9 Å². The third kappa shape index (κ3) is 4.01. The highest BCUT2D eigenvalue weighted by molar-refractivity contribution is 5.98. The number of amides is 2. The van der Waals surface area contributed by atoms with Gasteiger partial charge in [0.1, 0.15) is 17.8 Å². The molecule has 0 bridgehead atoms. The van der Waals surface area contributed by atoms with Gasteiger partial charge < -0.3 is 14.2 Å². The van der Waals surface area contributed by atoms with Crippen molar-refractivity contribution in [3.05, 3.63) is 59.9 Å². The van der Waals surface area contributed by atoms with Crippen molar-refractivity contribution in [2.24, 2.45) is 0 Å². The number of fused-ring (bicyclic) bond motifs is 2. The summed E-state index contributed by atoms with van der Waals surface area (Å²) in [5, 5.41) is 7.58. The third-order valence-corrected chi connectivity index (χ3v) is 6.59. The quantitative estimate of drug-likeness (QED) is 0.466. The number of aromatic nitrogens is 4. The van der Waals surface area contributed by atoms with Gasteiger partial charge in [-0.15, -0.1) is 0 Å². The molecular weight excluding hydrogens is 448 g/mol. The fourth-order valence-corrected chi connectivity index (χ4v) is 4.56. The molecule has 4 heterocycles. The SMILES string of the molecule is CC(=O)N1Cc2ncnc(Oc3ccc4c(ccn4C(=O)Nc4cc(C5CC5)on4)c3)c2CC1C. The van der Waals surface area contributed by atoms with Crippen LogP contribution in [0.2, 0.25) is 0 Å². The highest BCUT2D eigenvalue weighted by Crippen LogP contribution is 2.40. The highest BCUT2D eigenvalue weighted by Gasteiger charge is 2.29. The lowest BCUT2D eigenvalue weighted by atomic mass is 9.99. The number of carbonyl (C=O) groups excluding carboxylic acids is 2. The van der Waals surface area contributed by atoms with E-state index in [2.05, 4.69) is 20.4 Å². The molecule has 1 N–H and O–H groups in total. The van der Waals surface area contributed by atoms with Gasteiger partial charge in [0.25, 0.3) is 0 Å². The Morgan fingerprint density at radius 2 is 2.03 bits per heavy atom. The molecule has 6 rings (SSSR count). The number of carbonyl (C=O) groups is 2. The van der Waals surface area contributed by atoms with Crippen molar-refractivity contribution in [1.82, 2.24) is 24.6 Å². The van der Waals surface area contributed by atoms with Crippen LogP contribution in [0.15, 0.2) is 47.4 Å². The van der Waals surface area contributed by atoms with Gasteiger partial charge in [0.2, 0.25) is 11.8 Å². The normalized spacial score (nSPS) is 17.3. The van der Waals surface area contributed by atoms with Crippen molar-refractivity contribution in [2.45, 2.75) is 51.6 Å². The van der Waals surface area contributed by atoms with Gasteiger partial charge in [-0.25, -0.2) is 14.8 Å². The Labute approximate surface area is 200 Å². The molecule has 0 spiro atoms. The summed E-state index contributed by atoms with van der Waals surface area (Å²) in [5.74, 6) is 2.76. The monoisotopic (exact) mass is 472 g/mol. The van der Waals surface area contributed by atoms with E-state index >= 15 is 0 Å². The Bertz CT molecular complexity index is 1450. The lowest BCUT2D eigenvalue weighted by molar-refractivity contribution is -0.132. The molecule has 0 saturated heterocycles. The summed E-state index contributed by atoms with van der Waals surface area (Å²) < 4.78 is 13.0. The van der Waals surface area contributed by atoms with E-state index in [1.165, 1.54) is 10.9 Å². The number of hydrogen-bond donors (Lipinski definition) is 1. The zero-order valence-electron chi connectivity index (χ0n) is 19.4. The zero-order valence-corrected chi connectivity index (χ0v) is 19.4. The molecule has 178 valence electrons. The Hall–Kier alpha value is -4.21. The van der Waals surface area contributed by atoms with E-state index in [1.54, 1.807) is 30.2 Å². The molecule has 2 amide bonds. The van der Waals surface area contributed by atoms with Crippen LogP contribution in [0, 0.1) is 0 Å². The van der Waals surface area contributed by atoms with E-state index in [4.69, 9.17) is 9.26 Å². The Morgan fingerprint density at radius 1 is 1.17 bits per heavy atom. The van der Waals surface area contributed by atoms with Crippen molar-refractivity contribution < 1.29 is 18.8 Å². The van der Waals surface area contributed by atoms with Gasteiger partial charge in [-0.3, -0.25) is 14.7 Å². The number of benzene rings is 1. The fraction of sp³-hybridized carbons (Fsp3) is 0.320. The van der Waals surface area contributed by atoms with Crippen molar-refractivity contribution in [3.63, 3.8) is 0 Å².